The van der Waals surface area contributed by atoms with Gasteiger partial charge in [-0.1, -0.05) is 0 Å². The summed E-state index contributed by atoms with van der Waals surface area (Å²) in [6.45, 7) is 0. The number of nitrogens with one attached hydrogen (secondary N) is 2. The third-order valence-corrected chi connectivity index (χ3v) is 4.67. The third kappa shape index (κ3) is 2.99. The van der Waals surface area contributed by atoms with Crippen molar-refractivity contribution in [1.29, 1.82) is 0 Å². The van der Waals surface area contributed by atoms with Gasteiger partial charge in [0.25, 0.3) is 11.8 Å². The maximum absolute atomic E-state index is 11.8. The molecule has 3 aromatic rings. The smallest absolute Gasteiger partial charge is 0.259 e. The number of carbonyl (C=O) groups excluding carboxylic acids is 2. The summed E-state index contributed by atoms with van der Waals surface area (Å²) < 4.78 is 0. The van der Waals surface area contributed by atoms with Crippen molar-refractivity contribution in [1.82, 2.24) is 19.9 Å². The highest BCUT2D eigenvalue weighted by Gasteiger charge is 2.25. The molecular weight excluding hydrogens is 316 g/mol. The van der Waals surface area contributed by atoms with Crippen LogP contribution in [0.3, 0.4) is 0 Å². The molecule has 3 aromatic heterocycles. The van der Waals surface area contributed by atoms with Crippen LogP contribution in [0.2, 0.25) is 0 Å². The Morgan fingerprint density at radius 3 is 1.65 bits per heavy atom. The summed E-state index contributed by atoms with van der Waals surface area (Å²) in [5.41, 5.74) is 12.2. The largest absolute Gasteiger partial charge is 0.365 e. The monoisotopic (exact) mass is 330 g/mol. The van der Waals surface area contributed by atoms with Gasteiger partial charge in [-0.3, -0.25) is 9.59 Å². The summed E-state index contributed by atoms with van der Waals surface area (Å²) in [5, 5.41) is 0. The molecule has 6 N–H and O–H groups in total. The molecule has 0 atom stereocenters. The van der Waals surface area contributed by atoms with Gasteiger partial charge in [0.2, 0.25) is 0 Å². The average Bonchev–Trinajstić information content (AvgIpc) is 3.22. The minimum Gasteiger partial charge on any atom is -0.365 e. The number of imidazole rings is 2. The molecular formula is C14H14N6O2S. The number of carbonyl (C=O) groups is 2. The normalized spacial score (nSPS) is 10.8. The zero-order chi connectivity index (χ0) is 16.4. The molecule has 9 heteroatoms. The molecule has 2 amide bonds. The highest BCUT2D eigenvalue weighted by Crippen LogP contribution is 2.31. The minimum atomic E-state index is -0.593. The average molecular weight is 330 g/mol. The van der Waals surface area contributed by atoms with Crippen molar-refractivity contribution in [2.24, 2.45) is 11.5 Å². The lowest BCUT2D eigenvalue weighted by Crippen LogP contribution is -2.13. The van der Waals surface area contributed by atoms with Gasteiger partial charge in [0, 0.05) is 37.6 Å². The lowest BCUT2D eigenvalue weighted by Gasteiger charge is -2.05. The predicted molar refractivity (Wildman–Crippen MR) is 84.1 cm³/mol. The number of H-pyrrole nitrogens is 2. The van der Waals surface area contributed by atoms with E-state index in [0.29, 0.717) is 45.4 Å². The third-order valence-electron chi connectivity index (χ3n) is 3.36. The number of amides is 2. The topological polar surface area (TPSA) is 144 Å². The van der Waals surface area contributed by atoms with Gasteiger partial charge >= 0.3 is 0 Å². The maximum atomic E-state index is 11.8. The van der Waals surface area contributed by atoms with E-state index in [1.165, 1.54) is 0 Å². The van der Waals surface area contributed by atoms with Gasteiger partial charge in [-0.15, -0.1) is 11.3 Å². The first kappa shape index (κ1) is 15.0. The van der Waals surface area contributed by atoms with E-state index >= 15 is 0 Å². The Labute approximate surface area is 135 Å². The molecule has 3 rings (SSSR count). The number of aromatic amines is 2. The highest BCUT2D eigenvalue weighted by atomic mass is 32.1. The molecule has 0 saturated heterocycles. The Balaban J connectivity index is 2.12. The van der Waals surface area contributed by atoms with Crippen LogP contribution in [0.25, 0.3) is 0 Å². The molecule has 3 heterocycles. The van der Waals surface area contributed by atoms with E-state index < -0.39 is 11.8 Å². The van der Waals surface area contributed by atoms with Crippen molar-refractivity contribution in [2.75, 3.05) is 0 Å². The number of rotatable bonds is 6. The molecule has 0 aliphatic carbocycles. The molecule has 0 spiro atoms. The zero-order valence-electron chi connectivity index (χ0n) is 12.0. The second-order valence-electron chi connectivity index (χ2n) is 4.87. The van der Waals surface area contributed by atoms with E-state index in [4.69, 9.17) is 11.5 Å². The molecule has 0 bridgehead atoms. The second kappa shape index (κ2) is 6.05. The summed E-state index contributed by atoms with van der Waals surface area (Å²) in [5.74, 6) is 0.151. The van der Waals surface area contributed by atoms with Crippen LogP contribution in [0.4, 0.5) is 0 Å². The number of primary amides is 2. The van der Waals surface area contributed by atoms with Crippen LogP contribution in [-0.4, -0.2) is 31.8 Å². The van der Waals surface area contributed by atoms with Crippen molar-refractivity contribution < 1.29 is 9.59 Å². The Morgan fingerprint density at radius 2 is 1.35 bits per heavy atom. The minimum absolute atomic E-state index is 0.316. The molecule has 0 aromatic carbocycles. The Hall–Kier alpha value is -2.94. The van der Waals surface area contributed by atoms with Crippen LogP contribution in [0, 0.1) is 0 Å². The van der Waals surface area contributed by atoms with Crippen molar-refractivity contribution in [3.8, 4) is 0 Å². The molecule has 0 radical (unpaired) electrons. The summed E-state index contributed by atoms with van der Waals surface area (Å²) in [6, 6.07) is 0. The standard InChI is InChI=1S/C14H14N6O2S/c15-13(21)11-7(5-9-17-1-2-18-9)8(12(23-11)14(16)22)6-10-19-3-4-20-10/h1-4H,5-6H2,(H2,15,21)(H2,16,22)(H,17,18)(H,19,20). The number of thiophene rings is 1. The molecule has 118 valence electrons. The molecule has 0 unspecified atom stereocenters. The quantitative estimate of drug-likeness (QED) is 0.524. The first-order valence-electron chi connectivity index (χ1n) is 6.77. The zero-order valence-corrected chi connectivity index (χ0v) is 12.8. The maximum Gasteiger partial charge on any atom is 0.259 e. The summed E-state index contributed by atoms with van der Waals surface area (Å²) in [4.78, 5) is 38.4. The number of aromatic nitrogens is 4. The van der Waals surface area contributed by atoms with Crippen molar-refractivity contribution >= 4 is 23.2 Å². The Bertz CT molecular complexity index is 766. The van der Waals surface area contributed by atoms with Gasteiger partial charge in [0.15, 0.2) is 0 Å². The number of hydrogen-bond acceptors (Lipinski definition) is 5. The van der Waals surface area contributed by atoms with Crippen molar-refractivity contribution in [3.05, 3.63) is 57.3 Å². The van der Waals surface area contributed by atoms with E-state index in [1.54, 1.807) is 24.8 Å². The van der Waals surface area contributed by atoms with Gasteiger partial charge in [-0.25, -0.2) is 9.97 Å². The van der Waals surface area contributed by atoms with Crippen LogP contribution in [0.15, 0.2) is 24.8 Å². The van der Waals surface area contributed by atoms with Crippen molar-refractivity contribution in [2.45, 2.75) is 12.8 Å². The number of nitrogens with zero attached hydrogens (tertiary/aromatic N) is 2. The van der Waals surface area contributed by atoms with E-state index in [-0.39, 0.29) is 0 Å². The second-order valence-corrected chi connectivity index (χ2v) is 5.89. The fraction of sp³-hybridized carbons (Fsp3) is 0.143. The lowest BCUT2D eigenvalue weighted by atomic mass is 10.0. The fourth-order valence-corrected chi connectivity index (χ4v) is 3.44. The highest BCUT2D eigenvalue weighted by molar-refractivity contribution is 7.16. The Morgan fingerprint density at radius 1 is 0.913 bits per heavy atom. The predicted octanol–water partition coefficient (Wildman–Crippen LogP) is 0.574. The van der Waals surface area contributed by atoms with Crippen LogP contribution < -0.4 is 11.5 Å². The van der Waals surface area contributed by atoms with Crippen LogP contribution in [0.1, 0.15) is 42.1 Å². The van der Waals surface area contributed by atoms with E-state index in [1.807, 2.05) is 0 Å². The first-order chi connectivity index (χ1) is 11.1. The van der Waals surface area contributed by atoms with E-state index in [0.717, 1.165) is 11.3 Å². The number of hydrogen-bond donors (Lipinski definition) is 4. The molecule has 23 heavy (non-hydrogen) atoms. The Kier molecular flexibility index (Phi) is 3.94. The van der Waals surface area contributed by atoms with Gasteiger partial charge in [-0.05, 0) is 11.1 Å². The van der Waals surface area contributed by atoms with E-state index in [2.05, 4.69) is 19.9 Å². The molecule has 0 aliphatic heterocycles. The van der Waals surface area contributed by atoms with E-state index in [9.17, 15) is 9.59 Å². The molecule has 0 aliphatic rings. The van der Waals surface area contributed by atoms with Gasteiger partial charge in [0.1, 0.15) is 11.6 Å². The first-order valence-corrected chi connectivity index (χ1v) is 7.58. The molecule has 0 saturated carbocycles. The summed E-state index contributed by atoms with van der Waals surface area (Å²) in [7, 11) is 0. The van der Waals surface area contributed by atoms with Gasteiger partial charge in [0.05, 0.1) is 9.75 Å². The van der Waals surface area contributed by atoms with Crippen LogP contribution in [-0.2, 0) is 12.8 Å². The summed E-state index contributed by atoms with van der Waals surface area (Å²) >= 11 is 1.01. The van der Waals surface area contributed by atoms with Gasteiger partial charge in [-0.2, -0.15) is 0 Å². The lowest BCUT2D eigenvalue weighted by molar-refractivity contribution is 0.0995. The van der Waals surface area contributed by atoms with Gasteiger partial charge < -0.3 is 21.4 Å². The number of nitrogens with two attached hydrogens (primary N) is 2. The SMILES string of the molecule is NC(=O)c1sc(C(N)=O)c(Cc2ncc[nH]2)c1Cc1ncc[nH]1. The fourth-order valence-electron chi connectivity index (χ4n) is 2.40. The van der Waals surface area contributed by atoms with Crippen molar-refractivity contribution in [3.63, 3.8) is 0 Å². The molecule has 8 nitrogen and oxygen atoms in total. The molecule has 0 fully saturated rings. The summed E-state index contributed by atoms with van der Waals surface area (Å²) in [6.07, 6.45) is 7.32. The van der Waals surface area contributed by atoms with Crippen LogP contribution in [0.5, 0.6) is 0 Å². The van der Waals surface area contributed by atoms with Crippen LogP contribution >= 0.6 is 11.3 Å².